The molecule has 0 bridgehead atoms. The molecule has 1 fully saturated rings. The summed E-state index contributed by atoms with van der Waals surface area (Å²) in [6.45, 7) is 0.914. The van der Waals surface area contributed by atoms with Crippen LogP contribution in [0.1, 0.15) is 28.8 Å². The van der Waals surface area contributed by atoms with E-state index in [1.165, 1.54) is 24.3 Å². The number of aromatic nitrogens is 2. The molecule has 36 heavy (non-hydrogen) atoms. The number of halogens is 3. The molecule has 0 aliphatic carbocycles. The Morgan fingerprint density at radius 2 is 1.78 bits per heavy atom. The zero-order valence-electron chi connectivity index (χ0n) is 19.5. The van der Waals surface area contributed by atoms with Crippen LogP contribution in [0.5, 0.6) is 11.5 Å². The van der Waals surface area contributed by atoms with E-state index in [1.807, 2.05) is 12.3 Å². The van der Waals surface area contributed by atoms with Crippen molar-refractivity contribution in [2.24, 2.45) is 12.8 Å². The number of hydrogen-bond acceptors (Lipinski definition) is 5. The number of likely N-dealkylation sites (tertiary alicyclic amines) is 1. The van der Waals surface area contributed by atoms with Crippen molar-refractivity contribution in [3.63, 3.8) is 0 Å². The van der Waals surface area contributed by atoms with Crippen molar-refractivity contribution in [3.05, 3.63) is 66.0 Å². The van der Waals surface area contributed by atoms with E-state index in [1.54, 1.807) is 35.0 Å². The van der Waals surface area contributed by atoms with Gasteiger partial charge < -0.3 is 20.1 Å². The van der Waals surface area contributed by atoms with Gasteiger partial charge in [0.2, 0.25) is 5.91 Å². The second-order valence-corrected chi connectivity index (χ2v) is 8.54. The molecular formula is C25H25F3N4O4. The van der Waals surface area contributed by atoms with Crippen LogP contribution in [0.4, 0.5) is 13.2 Å². The molecule has 0 unspecified atom stereocenters. The predicted octanol–water partition coefficient (Wildman–Crippen LogP) is 3.70. The van der Waals surface area contributed by atoms with Crippen molar-refractivity contribution in [2.45, 2.75) is 31.7 Å². The first kappa shape index (κ1) is 25.1. The van der Waals surface area contributed by atoms with Gasteiger partial charge >= 0.3 is 6.36 Å². The molecule has 1 aliphatic heterocycles. The Labute approximate surface area is 205 Å². The van der Waals surface area contributed by atoms with E-state index in [0.717, 1.165) is 11.1 Å². The summed E-state index contributed by atoms with van der Waals surface area (Å²) >= 11 is 0. The number of aryl methyl sites for hydroxylation is 1. The van der Waals surface area contributed by atoms with E-state index in [9.17, 15) is 22.8 Å². The maximum absolute atomic E-state index is 12.7. The molecule has 11 heteroatoms. The van der Waals surface area contributed by atoms with Gasteiger partial charge in [0.15, 0.2) is 0 Å². The van der Waals surface area contributed by atoms with Gasteiger partial charge in [0.25, 0.3) is 5.91 Å². The van der Waals surface area contributed by atoms with E-state index in [-0.39, 0.29) is 29.7 Å². The Bertz CT molecular complexity index is 1230. The number of primary amides is 1. The summed E-state index contributed by atoms with van der Waals surface area (Å²) in [6.07, 6.45) is -0.242. The van der Waals surface area contributed by atoms with Crippen LogP contribution in [0.3, 0.4) is 0 Å². The summed E-state index contributed by atoms with van der Waals surface area (Å²) in [7, 11) is 1.80. The lowest BCUT2D eigenvalue weighted by Crippen LogP contribution is -2.42. The van der Waals surface area contributed by atoms with Crippen LogP contribution in [-0.2, 0) is 18.3 Å². The minimum absolute atomic E-state index is 0.0689. The number of nitrogens with zero attached hydrogens (tertiary/aromatic N) is 3. The minimum atomic E-state index is -4.76. The molecule has 8 nitrogen and oxygen atoms in total. The zero-order chi connectivity index (χ0) is 25.9. The number of nitrogens with two attached hydrogens (primary N) is 1. The smallest absolute Gasteiger partial charge is 0.489 e. The molecule has 190 valence electrons. The number of hydrogen-bond donors (Lipinski definition) is 1. The molecule has 1 aliphatic rings. The maximum Gasteiger partial charge on any atom is 0.573 e. The molecule has 2 amide bonds. The SMILES string of the molecule is Cn1cc(-c2ccc(OC3CCN(C(=O)Cc4ccc(OC(F)(F)F)cc4)CC3)c(C(N)=O)c2)cn1. The van der Waals surface area contributed by atoms with E-state index < -0.39 is 12.3 Å². The Hall–Kier alpha value is -4.02. The quantitative estimate of drug-likeness (QED) is 0.531. The van der Waals surface area contributed by atoms with Crippen molar-refractivity contribution < 1.29 is 32.2 Å². The first-order chi connectivity index (χ1) is 17.1. The lowest BCUT2D eigenvalue weighted by Gasteiger charge is -2.32. The molecule has 0 radical (unpaired) electrons. The summed E-state index contributed by atoms with van der Waals surface area (Å²) in [6, 6.07) is 10.5. The van der Waals surface area contributed by atoms with Gasteiger partial charge in [-0.25, -0.2) is 0 Å². The Balaban J connectivity index is 1.32. The average molecular weight is 502 g/mol. The summed E-state index contributed by atoms with van der Waals surface area (Å²) in [5.74, 6) is -0.673. The fourth-order valence-electron chi connectivity index (χ4n) is 4.07. The summed E-state index contributed by atoms with van der Waals surface area (Å²) in [5.41, 5.74) is 8.09. The van der Waals surface area contributed by atoms with Crippen LogP contribution in [-0.4, -0.2) is 52.1 Å². The van der Waals surface area contributed by atoms with Crippen LogP contribution in [0.2, 0.25) is 0 Å². The van der Waals surface area contributed by atoms with Crippen LogP contribution >= 0.6 is 0 Å². The fraction of sp³-hybridized carbons (Fsp3) is 0.320. The molecule has 1 saturated heterocycles. The monoisotopic (exact) mass is 502 g/mol. The maximum atomic E-state index is 12.7. The highest BCUT2D eigenvalue weighted by atomic mass is 19.4. The zero-order valence-corrected chi connectivity index (χ0v) is 19.5. The average Bonchev–Trinajstić information content (AvgIpc) is 3.26. The van der Waals surface area contributed by atoms with Crippen molar-refractivity contribution in [1.29, 1.82) is 0 Å². The lowest BCUT2D eigenvalue weighted by atomic mass is 10.0. The second kappa shape index (κ2) is 10.3. The van der Waals surface area contributed by atoms with E-state index in [2.05, 4.69) is 9.84 Å². The van der Waals surface area contributed by atoms with Crippen LogP contribution in [0.15, 0.2) is 54.9 Å². The molecule has 0 atom stereocenters. The number of benzene rings is 2. The van der Waals surface area contributed by atoms with Gasteiger partial charge in [-0.3, -0.25) is 14.3 Å². The van der Waals surface area contributed by atoms with Crippen molar-refractivity contribution in [3.8, 4) is 22.6 Å². The summed E-state index contributed by atoms with van der Waals surface area (Å²) in [5, 5.41) is 4.14. The van der Waals surface area contributed by atoms with Gasteiger partial charge in [-0.05, 0) is 35.4 Å². The minimum Gasteiger partial charge on any atom is -0.489 e. The molecule has 2 N–H and O–H groups in total. The van der Waals surface area contributed by atoms with Crippen molar-refractivity contribution in [2.75, 3.05) is 13.1 Å². The molecule has 4 rings (SSSR count). The Morgan fingerprint density at radius 3 is 2.36 bits per heavy atom. The molecule has 3 aromatic rings. The number of ether oxygens (including phenoxy) is 2. The normalized spacial score (nSPS) is 14.5. The van der Waals surface area contributed by atoms with Gasteiger partial charge in [0.05, 0.1) is 18.2 Å². The number of amides is 2. The lowest BCUT2D eigenvalue weighted by molar-refractivity contribution is -0.274. The Morgan fingerprint density at radius 1 is 1.08 bits per heavy atom. The third-order valence-electron chi connectivity index (χ3n) is 5.88. The molecule has 2 heterocycles. The molecule has 1 aromatic heterocycles. The van der Waals surface area contributed by atoms with E-state index >= 15 is 0 Å². The number of alkyl halides is 3. The van der Waals surface area contributed by atoms with E-state index in [4.69, 9.17) is 10.5 Å². The standard InChI is InChI=1S/C25H25F3N4O4/c1-31-15-18(14-30-31)17-4-7-22(21(13-17)24(29)34)35-19-8-10-32(11-9-19)23(33)12-16-2-5-20(6-3-16)36-25(26,27)28/h2-7,13-15,19H,8-12H2,1H3,(H2,29,34). The van der Waals surface area contributed by atoms with Gasteiger partial charge in [-0.15, -0.1) is 13.2 Å². The van der Waals surface area contributed by atoms with Crippen molar-refractivity contribution in [1.82, 2.24) is 14.7 Å². The first-order valence-corrected chi connectivity index (χ1v) is 11.3. The van der Waals surface area contributed by atoms with E-state index in [0.29, 0.717) is 37.2 Å². The van der Waals surface area contributed by atoms with Gasteiger partial charge in [-0.1, -0.05) is 18.2 Å². The van der Waals surface area contributed by atoms with Crippen molar-refractivity contribution >= 4 is 11.8 Å². The molecule has 0 saturated carbocycles. The van der Waals surface area contributed by atoms with Crippen LogP contribution in [0.25, 0.3) is 11.1 Å². The molecule has 0 spiro atoms. The van der Waals surface area contributed by atoms with Gasteiger partial charge in [-0.2, -0.15) is 5.10 Å². The highest BCUT2D eigenvalue weighted by molar-refractivity contribution is 5.97. The van der Waals surface area contributed by atoms with Gasteiger partial charge in [0, 0.05) is 44.7 Å². The predicted molar refractivity (Wildman–Crippen MR) is 124 cm³/mol. The number of piperidine rings is 1. The first-order valence-electron chi connectivity index (χ1n) is 11.3. The van der Waals surface area contributed by atoms with Crippen LogP contribution < -0.4 is 15.2 Å². The third-order valence-corrected chi connectivity index (χ3v) is 5.88. The molecule has 2 aromatic carbocycles. The van der Waals surface area contributed by atoms with Gasteiger partial charge in [0.1, 0.15) is 17.6 Å². The third kappa shape index (κ3) is 6.35. The number of carbonyl (C=O) groups is 2. The summed E-state index contributed by atoms with van der Waals surface area (Å²) in [4.78, 5) is 26.4. The highest BCUT2D eigenvalue weighted by Crippen LogP contribution is 2.29. The highest BCUT2D eigenvalue weighted by Gasteiger charge is 2.31. The topological polar surface area (TPSA) is 99.7 Å². The van der Waals surface area contributed by atoms with Crippen LogP contribution in [0, 0.1) is 0 Å². The second-order valence-electron chi connectivity index (χ2n) is 8.54. The fourth-order valence-corrected chi connectivity index (χ4v) is 4.07. The number of carbonyl (C=O) groups excluding carboxylic acids is 2. The summed E-state index contributed by atoms with van der Waals surface area (Å²) < 4.78 is 48.5. The number of rotatable bonds is 7. The Kier molecular flexibility index (Phi) is 7.18. The largest absolute Gasteiger partial charge is 0.573 e. The molecular weight excluding hydrogens is 477 g/mol.